The van der Waals surface area contributed by atoms with E-state index in [0.717, 1.165) is 12.1 Å². The van der Waals surface area contributed by atoms with Crippen molar-refractivity contribution in [2.45, 2.75) is 17.6 Å². The first-order chi connectivity index (χ1) is 10.6. The number of hydrogen-bond acceptors (Lipinski definition) is 5. The van der Waals surface area contributed by atoms with Gasteiger partial charge in [-0.05, 0) is 25.2 Å². The van der Waals surface area contributed by atoms with E-state index in [9.17, 15) is 10.1 Å². The van der Waals surface area contributed by atoms with Crippen LogP contribution in [0.3, 0.4) is 0 Å². The van der Waals surface area contributed by atoms with Crippen LogP contribution in [0.4, 0.5) is 11.5 Å². The largest absolute Gasteiger partial charge is 0.369 e. The third-order valence-corrected chi connectivity index (χ3v) is 5.37. The van der Waals surface area contributed by atoms with Gasteiger partial charge in [-0.15, -0.1) is 0 Å². The molecule has 0 atom stereocenters. The van der Waals surface area contributed by atoms with Crippen LogP contribution in [0.15, 0.2) is 42.5 Å². The Hall–Kier alpha value is -2.08. The summed E-state index contributed by atoms with van der Waals surface area (Å²) in [4.78, 5) is 15.3. The average Bonchev–Trinajstić information content (AvgIpc) is 3.34. The molecule has 1 heterocycles. The highest BCUT2D eigenvalue weighted by molar-refractivity contribution is 8.00. The van der Waals surface area contributed by atoms with Gasteiger partial charge in [0.2, 0.25) is 0 Å². The van der Waals surface area contributed by atoms with Gasteiger partial charge in [-0.1, -0.05) is 30.3 Å². The molecule has 0 amide bonds. The van der Waals surface area contributed by atoms with Crippen LogP contribution < -0.4 is 5.32 Å². The third-order valence-electron chi connectivity index (χ3n) is 3.95. The maximum atomic E-state index is 11.2. The smallest absolute Gasteiger partial charge is 0.295 e. The summed E-state index contributed by atoms with van der Waals surface area (Å²) >= 11 is 1.87. The van der Waals surface area contributed by atoms with Crippen molar-refractivity contribution < 1.29 is 4.92 Å². The van der Waals surface area contributed by atoms with E-state index in [0.29, 0.717) is 16.3 Å². The average molecular weight is 315 g/mol. The Labute approximate surface area is 133 Å². The van der Waals surface area contributed by atoms with Crippen LogP contribution in [-0.4, -0.2) is 27.5 Å². The molecule has 0 radical (unpaired) electrons. The highest BCUT2D eigenvalue weighted by Gasteiger charge is 2.41. The topological polar surface area (TPSA) is 68.1 Å². The van der Waals surface area contributed by atoms with Gasteiger partial charge in [0, 0.05) is 22.9 Å². The van der Waals surface area contributed by atoms with E-state index in [4.69, 9.17) is 0 Å². The fraction of sp³-hybridized carbons (Fsp3) is 0.312. The zero-order valence-corrected chi connectivity index (χ0v) is 13.1. The van der Waals surface area contributed by atoms with Gasteiger partial charge in [-0.25, -0.2) is 4.98 Å². The number of nitro groups is 1. The third kappa shape index (κ3) is 3.06. The van der Waals surface area contributed by atoms with Crippen LogP contribution in [0.1, 0.15) is 12.8 Å². The first kappa shape index (κ1) is 14.8. The Kier molecular flexibility index (Phi) is 4.02. The molecule has 1 N–H and O–H groups in total. The zero-order chi connectivity index (χ0) is 15.6. The number of nitrogens with one attached hydrogen (secondary N) is 1. The highest BCUT2D eigenvalue weighted by Crippen LogP contribution is 2.47. The molecule has 1 aliphatic rings. The van der Waals surface area contributed by atoms with Crippen LogP contribution in [-0.2, 0) is 0 Å². The van der Waals surface area contributed by atoms with Crippen LogP contribution >= 0.6 is 11.8 Å². The van der Waals surface area contributed by atoms with Crippen molar-refractivity contribution in [1.82, 2.24) is 4.98 Å². The van der Waals surface area contributed by atoms with E-state index in [1.807, 2.05) is 42.1 Å². The first-order valence-electron chi connectivity index (χ1n) is 7.13. The minimum Gasteiger partial charge on any atom is -0.369 e. The van der Waals surface area contributed by atoms with Crippen molar-refractivity contribution in [3.63, 3.8) is 0 Å². The molecule has 6 heteroatoms. The van der Waals surface area contributed by atoms with Crippen LogP contribution in [0.25, 0.3) is 11.3 Å². The molecule has 0 aliphatic heterocycles. The van der Waals surface area contributed by atoms with Crippen LogP contribution in [0, 0.1) is 10.1 Å². The predicted molar refractivity (Wildman–Crippen MR) is 90.3 cm³/mol. The Balaban J connectivity index is 1.89. The molecule has 0 unspecified atom stereocenters. The van der Waals surface area contributed by atoms with Gasteiger partial charge in [0.25, 0.3) is 5.69 Å². The summed E-state index contributed by atoms with van der Waals surface area (Å²) in [5.41, 5.74) is 1.19. The quantitative estimate of drug-likeness (QED) is 0.645. The maximum absolute atomic E-state index is 11.2. The molecule has 0 spiro atoms. The lowest BCUT2D eigenvalue weighted by molar-refractivity contribution is -0.384. The van der Waals surface area contributed by atoms with Crippen LogP contribution in [0.2, 0.25) is 0 Å². The van der Waals surface area contributed by atoms with E-state index in [1.165, 1.54) is 18.9 Å². The summed E-state index contributed by atoms with van der Waals surface area (Å²) in [5, 5.41) is 14.5. The number of anilines is 1. The Morgan fingerprint density at radius 2 is 2.00 bits per heavy atom. The minimum absolute atomic E-state index is 0.0303. The summed E-state index contributed by atoms with van der Waals surface area (Å²) in [6, 6.07) is 12.5. The molecule has 2 aromatic rings. The van der Waals surface area contributed by atoms with Gasteiger partial charge in [0.05, 0.1) is 4.92 Å². The molecule has 0 saturated heterocycles. The second-order valence-electron chi connectivity index (χ2n) is 5.43. The summed E-state index contributed by atoms with van der Waals surface area (Å²) < 4.78 is 0.316. The van der Waals surface area contributed by atoms with Gasteiger partial charge < -0.3 is 5.32 Å². The standard InChI is InChI=1S/C16H17N3O2S/c1-22-16(9-10-16)11-17-14-8-7-13(19(20)21)15(18-14)12-5-3-2-4-6-12/h2-8H,9-11H2,1H3,(H,17,18). The zero-order valence-electron chi connectivity index (χ0n) is 12.3. The Morgan fingerprint density at radius 3 is 2.59 bits per heavy atom. The Bertz CT molecular complexity index is 687. The number of aromatic nitrogens is 1. The molecular formula is C16H17N3O2S. The summed E-state index contributed by atoms with van der Waals surface area (Å²) in [6.07, 6.45) is 4.53. The van der Waals surface area contributed by atoms with E-state index in [1.54, 1.807) is 6.07 Å². The normalized spacial score (nSPS) is 15.3. The van der Waals surface area contributed by atoms with E-state index < -0.39 is 0 Å². The minimum atomic E-state index is -0.386. The number of nitrogens with zero attached hydrogens (tertiary/aromatic N) is 2. The molecule has 1 saturated carbocycles. The van der Waals surface area contributed by atoms with Gasteiger partial charge in [0.1, 0.15) is 5.82 Å². The molecule has 1 fully saturated rings. The van der Waals surface area contributed by atoms with Crippen LogP contribution in [0.5, 0.6) is 0 Å². The molecule has 1 aromatic carbocycles. The van der Waals surface area contributed by atoms with Crippen molar-refractivity contribution in [3.8, 4) is 11.3 Å². The van der Waals surface area contributed by atoms with Crippen molar-refractivity contribution >= 4 is 23.3 Å². The van der Waals surface area contributed by atoms with E-state index in [-0.39, 0.29) is 10.6 Å². The summed E-state index contributed by atoms with van der Waals surface area (Å²) in [7, 11) is 0. The molecule has 22 heavy (non-hydrogen) atoms. The maximum Gasteiger partial charge on any atom is 0.295 e. The van der Waals surface area contributed by atoms with E-state index in [2.05, 4.69) is 16.6 Å². The lowest BCUT2D eigenvalue weighted by Crippen LogP contribution is -2.18. The molecule has 1 aromatic heterocycles. The van der Waals surface area contributed by atoms with E-state index >= 15 is 0 Å². The van der Waals surface area contributed by atoms with Gasteiger partial charge in [-0.3, -0.25) is 10.1 Å². The fourth-order valence-electron chi connectivity index (χ4n) is 2.35. The van der Waals surface area contributed by atoms with Crippen molar-refractivity contribution in [1.29, 1.82) is 0 Å². The molecule has 0 bridgehead atoms. The molecule has 5 nitrogen and oxygen atoms in total. The first-order valence-corrected chi connectivity index (χ1v) is 8.36. The fourth-order valence-corrected chi connectivity index (χ4v) is 3.08. The SMILES string of the molecule is CSC1(CNc2ccc([N+](=O)[O-])c(-c3ccccc3)n2)CC1. The molecule has 1 aliphatic carbocycles. The number of hydrogen-bond donors (Lipinski definition) is 1. The van der Waals surface area contributed by atoms with Crippen molar-refractivity contribution in [2.24, 2.45) is 0 Å². The number of thioether (sulfide) groups is 1. The van der Waals surface area contributed by atoms with Gasteiger partial charge in [-0.2, -0.15) is 11.8 Å². The summed E-state index contributed by atoms with van der Waals surface area (Å²) in [6.45, 7) is 0.840. The second kappa shape index (κ2) is 5.96. The monoisotopic (exact) mass is 315 g/mol. The number of benzene rings is 1. The van der Waals surface area contributed by atoms with Gasteiger partial charge in [0.15, 0.2) is 5.69 Å². The Morgan fingerprint density at radius 1 is 1.27 bits per heavy atom. The predicted octanol–water partition coefficient (Wildman–Crippen LogP) is 3.96. The highest BCUT2D eigenvalue weighted by atomic mass is 32.2. The number of pyridine rings is 1. The number of rotatable bonds is 6. The second-order valence-corrected chi connectivity index (χ2v) is 6.70. The molecule has 3 rings (SSSR count). The van der Waals surface area contributed by atoms with Crippen molar-refractivity contribution in [3.05, 3.63) is 52.6 Å². The lowest BCUT2D eigenvalue weighted by atomic mass is 10.1. The van der Waals surface area contributed by atoms with Gasteiger partial charge >= 0.3 is 0 Å². The summed E-state index contributed by atoms with van der Waals surface area (Å²) in [5.74, 6) is 0.685. The molecular weight excluding hydrogens is 298 g/mol. The van der Waals surface area contributed by atoms with Crippen molar-refractivity contribution in [2.75, 3.05) is 18.1 Å². The molecule has 114 valence electrons. The lowest BCUT2D eigenvalue weighted by Gasteiger charge is -2.14.